The fraction of sp³-hybridized carbons (Fsp3) is 0.644. The fourth-order valence-corrected chi connectivity index (χ4v) is 6.93. The van der Waals surface area contributed by atoms with Crippen molar-refractivity contribution in [2.45, 2.75) is 232 Å². The van der Waals surface area contributed by atoms with Gasteiger partial charge in [-0.25, -0.2) is 0 Å². The molecule has 0 heterocycles. The van der Waals surface area contributed by atoms with Gasteiger partial charge in [0.2, 0.25) is 0 Å². The van der Waals surface area contributed by atoms with Crippen LogP contribution in [0.5, 0.6) is 0 Å². The Labute approximate surface area is 400 Å². The molecule has 0 N–H and O–H groups in total. The van der Waals surface area contributed by atoms with Gasteiger partial charge in [-0.15, -0.1) is 0 Å². The molecule has 1 atom stereocenters. The lowest BCUT2D eigenvalue weighted by molar-refractivity contribution is -0.166. The standard InChI is InChI=1S/C59H96O6/c1-4-7-10-13-16-19-22-25-27-28-29-30-32-34-37-40-43-46-49-52-58(61)64-55-56(54-63-57(60)51-48-45-42-39-36-33-24-21-18-15-12-9-6-3)65-59(62)53-50-47-44-41-38-35-31-26-23-20-17-14-11-8-5-2/h7-8,10-11,14,16-17,19-20,23,25-27,31,33,36,42,45,56H,4-6,9,12-13,15,18,21-22,24,28-30,32,34-35,37-41,43-44,46-55H2,1-3H3/b10-7-,11-8-,17-14-,19-16-,23-20-,27-25-,31-26-,36-33-,45-42-. The van der Waals surface area contributed by atoms with Crippen LogP contribution in [0.4, 0.5) is 0 Å². The van der Waals surface area contributed by atoms with Crippen LogP contribution in [0.2, 0.25) is 0 Å². The molecule has 0 aliphatic heterocycles. The van der Waals surface area contributed by atoms with Crippen molar-refractivity contribution in [1.82, 2.24) is 0 Å². The van der Waals surface area contributed by atoms with E-state index in [-0.39, 0.29) is 44.0 Å². The number of hydrogen-bond donors (Lipinski definition) is 0. The van der Waals surface area contributed by atoms with Crippen molar-refractivity contribution >= 4 is 17.9 Å². The second-order valence-corrected chi connectivity index (χ2v) is 17.1. The maximum atomic E-state index is 12.8. The molecule has 0 rings (SSSR count). The predicted molar refractivity (Wildman–Crippen MR) is 279 cm³/mol. The van der Waals surface area contributed by atoms with Gasteiger partial charge in [0, 0.05) is 19.3 Å². The number of esters is 3. The van der Waals surface area contributed by atoms with E-state index in [2.05, 4.69) is 99.8 Å². The number of allylic oxidation sites excluding steroid dienone is 18. The molecule has 1 unspecified atom stereocenters. The second-order valence-electron chi connectivity index (χ2n) is 17.1. The third-order valence-corrected chi connectivity index (χ3v) is 10.9. The summed E-state index contributed by atoms with van der Waals surface area (Å²) in [7, 11) is 0. The summed E-state index contributed by atoms with van der Waals surface area (Å²) in [5.41, 5.74) is 0. The van der Waals surface area contributed by atoms with Gasteiger partial charge in [-0.2, -0.15) is 0 Å². The summed E-state index contributed by atoms with van der Waals surface area (Å²) in [5, 5.41) is 0. The summed E-state index contributed by atoms with van der Waals surface area (Å²) in [6, 6.07) is 0. The van der Waals surface area contributed by atoms with E-state index in [1.807, 2.05) is 30.4 Å². The fourth-order valence-electron chi connectivity index (χ4n) is 6.93. The Hall–Kier alpha value is -3.93. The molecule has 0 aromatic rings. The third-order valence-electron chi connectivity index (χ3n) is 10.9. The van der Waals surface area contributed by atoms with Gasteiger partial charge in [0.15, 0.2) is 6.10 Å². The Morgan fingerprint density at radius 2 is 0.708 bits per heavy atom. The van der Waals surface area contributed by atoms with Gasteiger partial charge in [-0.05, 0) is 89.9 Å². The Morgan fingerprint density at radius 3 is 1.22 bits per heavy atom. The average Bonchev–Trinajstić information content (AvgIpc) is 3.30. The molecule has 0 fully saturated rings. The summed E-state index contributed by atoms with van der Waals surface area (Å²) in [5.74, 6) is -1.01. The van der Waals surface area contributed by atoms with Gasteiger partial charge < -0.3 is 14.2 Å². The van der Waals surface area contributed by atoms with Gasteiger partial charge in [-0.1, -0.05) is 226 Å². The first kappa shape index (κ1) is 61.1. The first-order valence-corrected chi connectivity index (χ1v) is 26.4. The maximum absolute atomic E-state index is 12.8. The number of carbonyl (C=O) groups is 3. The van der Waals surface area contributed by atoms with Crippen LogP contribution < -0.4 is 0 Å². The van der Waals surface area contributed by atoms with Crippen LogP contribution in [-0.4, -0.2) is 37.2 Å². The number of hydrogen-bond acceptors (Lipinski definition) is 6. The van der Waals surface area contributed by atoms with E-state index in [4.69, 9.17) is 14.2 Å². The Morgan fingerprint density at radius 1 is 0.338 bits per heavy atom. The number of rotatable bonds is 46. The molecular formula is C59H96O6. The first-order valence-electron chi connectivity index (χ1n) is 26.4. The van der Waals surface area contributed by atoms with Crippen molar-refractivity contribution in [3.63, 3.8) is 0 Å². The zero-order valence-corrected chi connectivity index (χ0v) is 42.0. The predicted octanol–water partition coefficient (Wildman–Crippen LogP) is 17.5. The van der Waals surface area contributed by atoms with Gasteiger partial charge in [0.05, 0.1) is 0 Å². The highest BCUT2D eigenvalue weighted by Gasteiger charge is 2.19. The van der Waals surface area contributed by atoms with Crippen LogP contribution in [-0.2, 0) is 28.6 Å². The number of unbranched alkanes of at least 4 members (excludes halogenated alkanes) is 20. The molecular weight excluding hydrogens is 805 g/mol. The van der Waals surface area contributed by atoms with Crippen LogP contribution in [0.3, 0.4) is 0 Å². The molecule has 368 valence electrons. The molecule has 6 heteroatoms. The van der Waals surface area contributed by atoms with E-state index in [0.717, 1.165) is 103 Å². The largest absolute Gasteiger partial charge is 0.462 e. The summed E-state index contributed by atoms with van der Waals surface area (Å²) in [6.45, 7) is 6.30. The third kappa shape index (κ3) is 50.9. The van der Waals surface area contributed by atoms with Crippen LogP contribution in [0, 0.1) is 0 Å². The SMILES string of the molecule is CC\C=C/C=C\C=C/C=C\CCCCCCCC(=O)OC(COC(=O)CC/C=C\C/C=C\CCCCCCCC)COC(=O)CCCCCCCCCCC/C=C\C/C=C\C/C=C\CC. The molecule has 0 saturated carbocycles. The highest BCUT2D eigenvalue weighted by atomic mass is 16.6. The number of ether oxygens (including phenoxy) is 3. The van der Waals surface area contributed by atoms with E-state index in [1.165, 1.54) is 77.0 Å². The molecule has 0 aromatic carbocycles. The lowest BCUT2D eigenvalue weighted by Gasteiger charge is -2.18. The van der Waals surface area contributed by atoms with E-state index in [0.29, 0.717) is 12.8 Å². The summed E-state index contributed by atoms with van der Waals surface area (Å²) < 4.78 is 16.7. The minimum Gasteiger partial charge on any atom is -0.462 e. The highest BCUT2D eigenvalue weighted by molar-refractivity contribution is 5.71. The summed E-state index contributed by atoms with van der Waals surface area (Å²) in [6.07, 6.45) is 70.8. The van der Waals surface area contributed by atoms with E-state index >= 15 is 0 Å². The molecule has 0 saturated heterocycles. The first-order chi connectivity index (χ1) is 32.0. The van der Waals surface area contributed by atoms with E-state index in [9.17, 15) is 14.4 Å². The van der Waals surface area contributed by atoms with Crippen LogP contribution in [0.1, 0.15) is 226 Å². The Kier molecular flexibility index (Phi) is 49.5. The molecule has 65 heavy (non-hydrogen) atoms. The minimum atomic E-state index is -0.817. The monoisotopic (exact) mass is 901 g/mol. The molecule has 0 bridgehead atoms. The molecule has 0 spiro atoms. The van der Waals surface area contributed by atoms with Crippen LogP contribution in [0.15, 0.2) is 109 Å². The molecule has 0 aliphatic rings. The van der Waals surface area contributed by atoms with Crippen molar-refractivity contribution in [3.8, 4) is 0 Å². The zero-order valence-electron chi connectivity index (χ0n) is 42.0. The lowest BCUT2D eigenvalue weighted by Crippen LogP contribution is -2.30. The normalized spacial score (nSPS) is 13.0. The molecule has 0 aromatic heterocycles. The zero-order chi connectivity index (χ0) is 47.2. The van der Waals surface area contributed by atoms with E-state index < -0.39 is 6.10 Å². The highest BCUT2D eigenvalue weighted by Crippen LogP contribution is 2.14. The molecule has 0 radical (unpaired) electrons. The smallest absolute Gasteiger partial charge is 0.306 e. The quantitative estimate of drug-likeness (QED) is 0.0199. The van der Waals surface area contributed by atoms with Gasteiger partial charge in [0.25, 0.3) is 0 Å². The van der Waals surface area contributed by atoms with Crippen molar-refractivity contribution in [2.24, 2.45) is 0 Å². The van der Waals surface area contributed by atoms with Crippen molar-refractivity contribution < 1.29 is 28.6 Å². The number of carbonyl (C=O) groups excluding carboxylic acids is 3. The van der Waals surface area contributed by atoms with E-state index in [1.54, 1.807) is 0 Å². The van der Waals surface area contributed by atoms with Crippen molar-refractivity contribution in [2.75, 3.05) is 13.2 Å². The van der Waals surface area contributed by atoms with Crippen molar-refractivity contribution in [1.29, 1.82) is 0 Å². The van der Waals surface area contributed by atoms with Gasteiger partial charge in [-0.3, -0.25) is 14.4 Å². The maximum Gasteiger partial charge on any atom is 0.306 e. The molecule has 6 nitrogen and oxygen atoms in total. The second kappa shape index (κ2) is 52.7. The minimum absolute atomic E-state index is 0.110. The van der Waals surface area contributed by atoms with Crippen LogP contribution >= 0.6 is 0 Å². The lowest BCUT2D eigenvalue weighted by atomic mass is 10.1. The van der Waals surface area contributed by atoms with Gasteiger partial charge >= 0.3 is 17.9 Å². The Balaban J connectivity index is 4.47. The van der Waals surface area contributed by atoms with Gasteiger partial charge in [0.1, 0.15) is 13.2 Å². The molecule has 0 aliphatic carbocycles. The Bertz CT molecular complexity index is 1360. The topological polar surface area (TPSA) is 78.9 Å². The summed E-state index contributed by atoms with van der Waals surface area (Å²) >= 11 is 0. The van der Waals surface area contributed by atoms with Crippen molar-refractivity contribution in [3.05, 3.63) is 109 Å². The average molecular weight is 901 g/mol. The summed E-state index contributed by atoms with van der Waals surface area (Å²) in [4.78, 5) is 38.0. The molecule has 0 amide bonds. The van der Waals surface area contributed by atoms with Crippen LogP contribution in [0.25, 0.3) is 0 Å².